The van der Waals surface area contributed by atoms with Crippen LogP contribution in [-0.2, 0) is 10.0 Å². The van der Waals surface area contributed by atoms with Gasteiger partial charge in [-0.3, -0.25) is 0 Å². The first-order chi connectivity index (χ1) is 9.30. The minimum Gasteiger partial charge on any atom is -0.397 e. The van der Waals surface area contributed by atoms with Gasteiger partial charge in [0.1, 0.15) is 0 Å². The van der Waals surface area contributed by atoms with E-state index >= 15 is 0 Å². The molecule has 20 heavy (non-hydrogen) atoms. The average molecular weight is 311 g/mol. The number of nitrogens with zero attached hydrogens (tertiary/aromatic N) is 1. The van der Waals surface area contributed by atoms with Crippen LogP contribution >= 0.6 is 11.3 Å². The van der Waals surface area contributed by atoms with E-state index in [2.05, 4.69) is 13.0 Å². The minimum absolute atomic E-state index is 0.0240. The summed E-state index contributed by atoms with van der Waals surface area (Å²) < 4.78 is 22.6. The quantitative estimate of drug-likeness (QED) is 0.847. The van der Waals surface area contributed by atoms with Crippen molar-refractivity contribution < 1.29 is 8.42 Å². The van der Waals surface area contributed by atoms with E-state index in [9.17, 15) is 8.42 Å². The lowest BCUT2D eigenvalue weighted by Crippen LogP contribution is -2.22. The molecule has 0 spiro atoms. The van der Waals surface area contributed by atoms with Crippen molar-refractivity contribution in [1.29, 1.82) is 0 Å². The van der Waals surface area contributed by atoms with Crippen molar-refractivity contribution in [2.75, 3.05) is 17.7 Å². The molecule has 0 bridgehead atoms. The van der Waals surface area contributed by atoms with Crippen LogP contribution in [0.25, 0.3) is 0 Å². The molecule has 2 rings (SSSR count). The number of nitrogen functional groups attached to an aromatic ring is 1. The van der Waals surface area contributed by atoms with E-state index in [4.69, 9.17) is 10.9 Å². The Balaban J connectivity index is 2.34. The highest BCUT2D eigenvalue weighted by atomic mass is 32.2. The van der Waals surface area contributed by atoms with E-state index in [1.165, 1.54) is 17.0 Å². The zero-order valence-corrected chi connectivity index (χ0v) is 12.9. The van der Waals surface area contributed by atoms with Crippen LogP contribution in [0.1, 0.15) is 17.8 Å². The van der Waals surface area contributed by atoms with Gasteiger partial charge in [0.05, 0.1) is 22.3 Å². The van der Waals surface area contributed by atoms with E-state index in [1.54, 1.807) is 17.4 Å². The fraction of sp³-hybridized carbons (Fsp3) is 0.231. The Labute approximate surface area is 122 Å². The van der Waals surface area contributed by atoms with Gasteiger partial charge in [-0.1, -0.05) is 6.07 Å². The van der Waals surface area contributed by atoms with Crippen LogP contribution in [0.2, 0.25) is 0 Å². The van der Waals surface area contributed by atoms with Crippen LogP contribution < -0.4 is 15.8 Å². The number of benzene rings is 1. The van der Waals surface area contributed by atoms with Crippen molar-refractivity contribution in [3.8, 4) is 0 Å². The monoisotopic (exact) mass is 311 g/mol. The fourth-order valence-corrected chi connectivity index (χ4v) is 3.33. The Kier molecular flexibility index (Phi) is 4.03. The van der Waals surface area contributed by atoms with Crippen LogP contribution in [0.3, 0.4) is 0 Å². The first-order valence-electron chi connectivity index (χ1n) is 5.99. The summed E-state index contributed by atoms with van der Waals surface area (Å²) in [4.78, 5) is 3.24. The lowest BCUT2D eigenvalue weighted by Gasteiger charge is -2.27. The zero-order chi connectivity index (χ0) is 14.9. The molecule has 4 N–H and O–H groups in total. The molecule has 1 heterocycles. The van der Waals surface area contributed by atoms with Crippen molar-refractivity contribution in [2.45, 2.75) is 17.9 Å². The molecule has 108 valence electrons. The van der Waals surface area contributed by atoms with E-state index < -0.39 is 10.0 Å². The van der Waals surface area contributed by atoms with Gasteiger partial charge in [0, 0.05) is 11.9 Å². The van der Waals surface area contributed by atoms with E-state index in [1.807, 2.05) is 23.4 Å². The van der Waals surface area contributed by atoms with Crippen molar-refractivity contribution >= 4 is 32.7 Å². The molecule has 0 saturated carbocycles. The predicted molar refractivity (Wildman–Crippen MR) is 83.4 cm³/mol. The summed E-state index contributed by atoms with van der Waals surface area (Å²) in [6.07, 6.45) is 0. The first kappa shape index (κ1) is 14.8. The van der Waals surface area contributed by atoms with Crippen LogP contribution in [0.5, 0.6) is 0 Å². The molecule has 1 unspecified atom stereocenters. The number of hydrogen-bond donors (Lipinski definition) is 2. The first-order valence-corrected chi connectivity index (χ1v) is 8.42. The Bertz CT molecular complexity index is 696. The maximum Gasteiger partial charge on any atom is 0.238 e. The van der Waals surface area contributed by atoms with Crippen LogP contribution in [0, 0.1) is 0 Å². The number of primary sulfonamides is 1. The fourth-order valence-electron chi connectivity index (χ4n) is 1.96. The predicted octanol–water partition coefficient (Wildman–Crippen LogP) is 2.18. The molecule has 0 fully saturated rings. The van der Waals surface area contributed by atoms with Gasteiger partial charge < -0.3 is 10.6 Å². The van der Waals surface area contributed by atoms with E-state index in [-0.39, 0.29) is 10.9 Å². The third-order valence-corrected chi connectivity index (χ3v) is 5.20. The molecule has 1 aromatic carbocycles. The number of rotatable bonds is 4. The van der Waals surface area contributed by atoms with Crippen LogP contribution in [0.15, 0.2) is 40.6 Å². The molecule has 1 atom stereocenters. The SMILES string of the molecule is CC(c1cccs1)N(C)c1ccc(S(N)(=O)=O)cc1N. The van der Waals surface area contributed by atoms with Gasteiger partial charge in [-0.15, -0.1) is 11.3 Å². The summed E-state index contributed by atoms with van der Waals surface area (Å²) in [5, 5.41) is 7.11. The Morgan fingerprint density at radius 1 is 1.30 bits per heavy atom. The molecule has 1 aromatic heterocycles. The summed E-state index contributed by atoms with van der Waals surface area (Å²) >= 11 is 1.67. The highest BCUT2D eigenvalue weighted by molar-refractivity contribution is 7.89. The molecule has 7 heteroatoms. The number of hydrogen-bond acceptors (Lipinski definition) is 5. The maximum absolute atomic E-state index is 11.3. The zero-order valence-electron chi connectivity index (χ0n) is 11.3. The average Bonchev–Trinajstić information content (AvgIpc) is 2.89. The topological polar surface area (TPSA) is 89.4 Å². The molecular weight excluding hydrogens is 294 g/mol. The highest BCUT2D eigenvalue weighted by Crippen LogP contribution is 2.32. The normalized spacial score (nSPS) is 13.2. The second-order valence-corrected chi connectivity index (χ2v) is 7.11. The van der Waals surface area contributed by atoms with Gasteiger partial charge in [0.25, 0.3) is 0 Å². The maximum atomic E-state index is 11.3. The molecule has 0 aliphatic rings. The Morgan fingerprint density at radius 2 is 2.00 bits per heavy atom. The number of sulfonamides is 1. The molecule has 0 aliphatic carbocycles. The van der Waals surface area contributed by atoms with Crippen molar-refractivity contribution in [3.63, 3.8) is 0 Å². The summed E-state index contributed by atoms with van der Waals surface area (Å²) in [7, 11) is -1.80. The molecule has 0 aliphatic heterocycles. The summed E-state index contributed by atoms with van der Waals surface area (Å²) in [5.74, 6) is 0. The Morgan fingerprint density at radius 3 is 2.50 bits per heavy atom. The molecule has 0 amide bonds. The van der Waals surface area contributed by atoms with Gasteiger partial charge >= 0.3 is 0 Å². The summed E-state index contributed by atoms with van der Waals surface area (Å²) in [6.45, 7) is 2.07. The summed E-state index contributed by atoms with van der Waals surface area (Å²) in [6, 6.07) is 8.75. The smallest absolute Gasteiger partial charge is 0.238 e. The lowest BCUT2D eigenvalue weighted by molar-refractivity contribution is 0.598. The van der Waals surface area contributed by atoms with Crippen molar-refractivity contribution in [3.05, 3.63) is 40.6 Å². The highest BCUT2D eigenvalue weighted by Gasteiger charge is 2.17. The lowest BCUT2D eigenvalue weighted by atomic mass is 10.2. The van der Waals surface area contributed by atoms with Crippen LogP contribution in [-0.4, -0.2) is 15.5 Å². The van der Waals surface area contributed by atoms with Gasteiger partial charge in [-0.2, -0.15) is 0 Å². The van der Waals surface area contributed by atoms with Gasteiger partial charge in [0.15, 0.2) is 0 Å². The minimum atomic E-state index is -3.73. The van der Waals surface area contributed by atoms with Gasteiger partial charge in [-0.25, -0.2) is 13.6 Å². The van der Waals surface area contributed by atoms with Crippen LogP contribution in [0.4, 0.5) is 11.4 Å². The summed E-state index contributed by atoms with van der Waals surface area (Å²) in [5.41, 5.74) is 7.12. The van der Waals surface area contributed by atoms with Gasteiger partial charge in [-0.05, 0) is 36.6 Å². The molecule has 5 nitrogen and oxygen atoms in total. The molecule has 2 aromatic rings. The number of anilines is 2. The van der Waals surface area contributed by atoms with Crippen molar-refractivity contribution in [2.24, 2.45) is 5.14 Å². The number of thiophene rings is 1. The molecule has 0 saturated heterocycles. The third kappa shape index (κ3) is 2.95. The molecular formula is C13H17N3O2S2. The van der Waals surface area contributed by atoms with E-state index in [0.29, 0.717) is 5.69 Å². The largest absolute Gasteiger partial charge is 0.397 e. The second kappa shape index (κ2) is 5.43. The van der Waals surface area contributed by atoms with Gasteiger partial charge in [0.2, 0.25) is 10.0 Å². The molecule has 0 radical (unpaired) electrons. The van der Waals surface area contributed by atoms with E-state index in [0.717, 1.165) is 5.69 Å². The standard InChI is InChI=1S/C13H17N3O2S2/c1-9(13-4-3-7-19-13)16(2)12-6-5-10(8-11(12)14)20(15,17)18/h3-9H,14H2,1-2H3,(H2,15,17,18). The second-order valence-electron chi connectivity index (χ2n) is 4.57. The Hall–Kier alpha value is -1.57. The third-order valence-electron chi connectivity index (χ3n) is 3.24. The number of nitrogens with two attached hydrogens (primary N) is 2. The van der Waals surface area contributed by atoms with Crippen molar-refractivity contribution in [1.82, 2.24) is 0 Å².